The maximum atomic E-state index is 13.1. The van der Waals surface area contributed by atoms with Crippen molar-refractivity contribution >= 4 is 17.6 Å². The molecule has 3 rings (SSSR count). The first-order valence-corrected chi connectivity index (χ1v) is 8.44. The van der Waals surface area contributed by atoms with Gasteiger partial charge in [0.2, 0.25) is 0 Å². The van der Waals surface area contributed by atoms with Gasteiger partial charge in [-0.1, -0.05) is 0 Å². The molecule has 0 saturated heterocycles. The highest BCUT2D eigenvalue weighted by Gasteiger charge is 2.20. The molecule has 1 amide bonds. The first-order valence-electron chi connectivity index (χ1n) is 8.44. The Hall–Kier alpha value is -3.88. The Morgan fingerprint density at radius 2 is 1.66 bits per heavy atom. The Bertz CT molecular complexity index is 1050. The topological polar surface area (TPSA) is 91.7 Å². The van der Waals surface area contributed by atoms with E-state index >= 15 is 0 Å². The van der Waals surface area contributed by atoms with Gasteiger partial charge < -0.3 is 19.5 Å². The van der Waals surface area contributed by atoms with E-state index in [0.717, 1.165) is 0 Å². The fourth-order valence-electron chi connectivity index (χ4n) is 2.63. The number of methoxy groups -OCH3 is 3. The number of rotatable bonds is 6. The predicted octanol–water partition coefficient (Wildman–Crippen LogP) is 3.07. The SMILES string of the molecule is COC(=O)c1cc(OC)c(OC)cc1NC(=O)c1ccn(-c2ccc(F)cc2)n1. The van der Waals surface area contributed by atoms with E-state index in [2.05, 4.69) is 10.4 Å². The average Bonchev–Trinajstić information content (AvgIpc) is 3.23. The molecule has 0 spiro atoms. The van der Waals surface area contributed by atoms with E-state index in [4.69, 9.17) is 14.2 Å². The number of anilines is 1. The predicted molar refractivity (Wildman–Crippen MR) is 102 cm³/mol. The van der Waals surface area contributed by atoms with Crippen LogP contribution in [0.15, 0.2) is 48.7 Å². The lowest BCUT2D eigenvalue weighted by atomic mass is 10.1. The van der Waals surface area contributed by atoms with Crippen LogP contribution in [0.1, 0.15) is 20.8 Å². The van der Waals surface area contributed by atoms with Gasteiger partial charge in [0.1, 0.15) is 5.82 Å². The highest BCUT2D eigenvalue weighted by Crippen LogP contribution is 2.34. The van der Waals surface area contributed by atoms with Gasteiger partial charge in [0.05, 0.1) is 38.3 Å². The molecule has 29 heavy (non-hydrogen) atoms. The van der Waals surface area contributed by atoms with E-state index in [1.807, 2.05) is 0 Å². The number of amides is 1. The molecule has 0 aliphatic carbocycles. The van der Waals surface area contributed by atoms with Crippen molar-refractivity contribution in [2.24, 2.45) is 0 Å². The Morgan fingerprint density at radius 3 is 2.28 bits per heavy atom. The molecule has 0 saturated carbocycles. The van der Waals surface area contributed by atoms with E-state index in [-0.39, 0.29) is 22.8 Å². The van der Waals surface area contributed by atoms with E-state index in [1.54, 1.807) is 6.20 Å². The van der Waals surface area contributed by atoms with E-state index in [9.17, 15) is 14.0 Å². The second kappa shape index (κ2) is 8.42. The van der Waals surface area contributed by atoms with Crippen LogP contribution < -0.4 is 14.8 Å². The molecule has 0 atom stereocenters. The largest absolute Gasteiger partial charge is 0.493 e. The summed E-state index contributed by atoms with van der Waals surface area (Å²) in [5.74, 6) is -0.942. The summed E-state index contributed by atoms with van der Waals surface area (Å²) in [6.45, 7) is 0. The van der Waals surface area contributed by atoms with Gasteiger partial charge in [-0.15, -0.1) is 0 Å². The molecule has 1 heterocycles. The number of carbonyl (C=O) groups excluding carboxylic acids is 2. The molecule has 0 aliphatic rings. The van der Waals surface area contributed by atoms with Gasteiger partial charge in [0.15, 0.2) is 17.2 Å². The second-order valence-electron chi connectivity index (χ2n) is 5.82. The number of hydrogen-bond donors (Lipinski definition) is 1. The molecule has 0 aliphatic heterocycles. The number of carbonyl (C=O) groups is 2. The zero-order valence-electron chi connectivity index (χ0n) is 15.9. The summed E-state index contributed by atoms with van der Waals surface area (Å²) in [6.07, 6.45) is 1.57. The molecule has 2 aromatic carbocycles. The lowest BCUT2D eigenvalue weighted by Gasteiger charge is -2.14. The Labute approximate surface area is 165 Å². The third-order valence-corrected chi connectivity index (χ3v) is 4.09. The minimum atomic E-state index is -0.655. The van der Waals surface area contributed by atoms with Crippen molar-refractivity contribution in [2.45, 2.75) is 0 Å². The number of halogens is 1. The molecule has 150 valence electrons. The minimum absolute atomic E-state index is 0.0940. The number of nitrogens with one attached hydrogen (secondary N) is 1. The van der Waals surface area contributed by atoms with Crippen LogP contribution in [0.2, 0.25) is 0 Å². The fraction of sp³-hybridized carbons (Fsp3) is 0.150. The molecule has 8 nitrogen and oxygen atoms in total. The molecule has 9 heteroatoms. The van der Waals surface area contributed by atoms with Crippen LogP contribution in [0.5, 0.6) is 11.5 Å². The van der Waals surface area contributed by atoms with E-state index in [1.165, 1.54) is 68.5 Å². The van der Waals surface area contributed by atoms with Crippen molar-refractivity contribution in [3.05, 3.63) is 65.7 Å². The van der Waals surface area contributed by atoms with Crippen LogP contribution in [0.25, 0.3) is 5.69 Å². The monoisotopic (exact) mass is 399 g/mol. The van der Waals surface area contributed by atoms with Crippen LogP contribution in [0.3, 0.4) is 0 Å². The summed E-state index contributed by atoms with van der Waals surface area (Å²) in [6, 6.07) is 10.0. The lowest BCUT2D eigenvalue weighted by molar-refractivity contribution is 0.0601. The first kappa shape index (κ1) is 19.9. The number of hydrogen-bond acceptors (Lipinski definition) is 6. The molecule has 1 N–H and O–H groups in total. The summed E-state index contributed by atoms with van der Waals surface area (Å²) in [7, 11) is 4.10. The quantitative estimate of drug-likeness (QED) is 0.641. The standard InChI is InChI=1S/C20H18FN3O5/c1-27-17-10-14(20(26)29-3)16(11-18(17)28-2)22-19(25)15-8-9-24(23-15)13-6-4-12(21)5-7-13/h4-11H,1-3H3,(H,22,25). The van der Waals surface area contributed by atoms with Crippen LogP contribution in [0, 0.1) is 5.82 Å². The maximum Gasteiger partial charge on any atom is 0.340 e. The summed E-state index contributed by atoms with van der Waals surface area (Å²) < 4.78 is 29.7. The molecular weight excluding hydrogens is 381 g/mol. The maximum absolute atomic E-state index is 13.1. The second-order valence-corrected chi connectivity index (χ2v) is 5.82. The van der Waals surface area contributed by atoms with Crippen molar-refractivity contribution in [1.82, 2.24) is 9.78 Å². The average molecular weight is 399 g/mol. The van der Waals surface area contributed by atoms with Gasteiger partial charge in [-0.25, -0.2) is 13.9 Å². The summed E-state index contributed by atoms with van der Waals surface area (Å²) >= 11 is 0. The molecule has 3 aromatic rings. The third-order valence-electron chi connectivity index (χ3n) is 4.09. The third kappa shape index (κ3) is 4.18. The Balaban J connectivity index is 1.90. The van der Waals surface area contributed by atoms with Gasteiger partial charge in [-0.2, -0.15) is 5.10 Å². The van der Waals surface area contributed by atoms with Gasteiger partial charge in [-0.05, 0) is 30.3 Å². The highest BCUT2D eigenvalue weighted by atomic mass is 19.1. The van der Waals surface area contributed by atoms with Crippen LogP contribution in [0.4, 0.5) is 10.1 Å². The molecule has 0 bridgehead atoms. The number of aromatic nitrogens is 2. The summed E-state index contributed by atoms with van der Waals surface area (Å²) in [5.41, 5.74) is 0.957. The van der Waals surface area contributed by atoms with Gasteiger partial charge in [0, 0.05) is 18.3 Å². The molecular formula is C20H18FN3O5. The first-order chi connectivity index (χ1) is 14.0. The number of ether oxygens (including phenoxy) is 3. The van der Waals surface area contributed by atoms with Gasteiger partial charge >= 0.3 is 5.97 Å². The lowest BCUT2D eigenvalue weighted by Crippen LogP contribution is -2.16. The van der Waals surface area contributed by atoms with Crippen molar-refractivity contribution < 1.29 is 28.2 Å². The normalized spacial score (nSPS) is 10.3. The Kier molecular flexibility index (Phi) is 5.77. The Morgan fingerprint density at radius 1 is 1.00 bits per heavy atom. The van der Waals surface area contributed by atoms with Crippen molar-refractivity contribution in [2.75, 3.05) is 26.6 Å². The minimum Gasteiger partial charge on any atom is -0.493 e. The van der Waals surface area contributed by atoms with Gasteiger partial charge in [-0.3, -0.25) is 4.79 Å². The fourth-order valence-corrected chi connectivity index (χ4v) is 2.63. The zero-order valence-corrected chi connectivity index (χ0v) is 15.9. The van der Waals surface area contributed by atoms with E-state index in [0.29, 0.717) is 17.2 Å². The molecule has 0 fully saturated rings. The smallest absolute Gasteiger partial charge is 0.340 e. The van der Waals surface area contributed by atoms with Crippen LogP contribution in [-0.4, -0.2) is 43.0 Å². The summed E-state index contributed by atoms with van der Waals surface area (Å²) in [4.78, 5) is 24.8. The number of benzene rings is 2. The van der Waals surface area contributed by atoms with Crippen molar-refractivity contribution in [1.29, 1.82) is 0 Å². The van der Waals surface area contributed by atoms with E-state index < -0.39 is 11.9 Å². The molecule has 1 aromatic heterocycles. The number of esters is 1. The van der Waals surface area contributed by atoms with Gasteiger partial charge in [0.25, 0.3) is 5.91 Å². The summed E-state index contributed by atoms with van der Waals surface area (Å²) in [5, 5.41) is 6.82. The van der Waals surface area contributed by atoms with Crippen LogP contribution >= 0.6 is 0 Å². The number of nitrogens with zero attached hydrogens (tertiary/aromatic N) is 2. The van der Waals surface area contributed by atoms with Crippen molar-refractivity contribution in [3.63, 3.8) is 0 Å². The zero-order chi connectivity index (χ0) is 21.0. The van der Waals surface area contributed by atoms with Crippen LogP contribution in [-0.2, 0) is 4.74 Å². The highest BCUT2D eigenvalue weighted by molar-refractivity contribution is 6.07. The van der Waals surface area contributed by atoms with Crippen molar-refractivity contribution in [3.8, 4) is 17.2 Å². The molecule has 0 radical (unpaired) electrons. The molecule has 0 unspecified atom stereocenters.